The Balaban J connectivity index is 1.99. The molecule has 1 aromatic heterocycles. The van der Waals surface area contributed by atoms with Crippen LogP contribution in [0.4, 0.5) is 0 Å². The molecule has 2 heteroatoms. The van der Waals surface area contributed by atoms with E-state index in [1.54, 1.807) is 0 Å². The van der Waals surface area contributed by atoms with Crippen molar-refractivity contribution in [2.75, 3.05) is 0 Å². The van der Waals surface area contributed by atoms with Gasteiger partial charge in [0.2, 0.25) is 0 Å². The highest BCUT2D eigenvalue weighted by molar-refractivity contribution is 5.87. The second kappa shape index (κ2) is 6.72. The van der Waals surface area contributed by atoms with E-state index < -0.39 is 0 Å². The summed E-state index contributed by atoms with van der Waals surface area (Å²) >= 11 is 0. The van der Waals surface area contributed by atoms with Gasteiger partial charge in [-0.25, -0.2) is 4.98 Å². The third kappa shape index (κ3) is 3.05. The molecule has 0 saturated carbocycles. The SMILES string of the molecule is CC(C)CC1=C(n2c(-c3ccccc3)nc3ccccc32)C=CCC1. The van der Waals surface area contributed by atoms with Crippen LogP contribution in [0.1, 0.15) is 33.1 Å². The molecule has 2 aromatic carbocycles. The van der Waals surface area contributed by atoms with E-state index in [9.17, 15) is 0 Å². The van der Waals surface area contributed by atoms with Crippen molar-refractivity contribution in [3.63, 3.8) is 0 Å². The fourth-order valence-corrected chi connectivity index (χ4v) is 3.68. The van der Waals surface area contributed by atoms with Gasteiger partial charge < -0.3 is 0 Å². The first-order chi connectivity index (χ1) is 12.2. The maximum Gasteiger partial charge on any atom is 0.145 e. The number of hydrogen-bond acceptors (Lipinski definition) is 1. The van der Waals surface area contributed by atoms with Crippen LogP contribution in [-0.2, 0) is 0 Å². The molecule has 2 nitrogen and oxygen atoms in total. The largest absolute Gasteiger partial charge is 0.292 e. The molecule has 0 saturated heterocycles. The maximum atomic E-state index is 4.97. The summed E-state index contributed by atoms with van der Waals surface area (Å²) in [5.41, 5.74) is 6.25. The standard InChI is InChI=1S/C23H24N2/c1-17(2)16-19-12-6-8-14-21(19)25-22-15-9-7-13-20(22)24-23(25)18-10-4-3-5-11-18/h3-5,7-11,13-15,17H,6,12,16H2,1-2H3. The summed E-state index contributed by atoms with van der Waals surface area (Å²) in [6.07, 6.45) is 8.01. The highest BCUT2D eigenvalue weighted by atomic mass is 15.1. The Labute approximate surface area is 149 Å². The van der Waals surface area contributed by atoms with Gasteiger partial charge in [-0.15, -0.1) is 0 Å². The highest BCUT2D eigenvalue weighted by Crippen LogP contribution is 2.34. The number of nitrogens with zero attached hydrogens (tertiary/aromatic N) is 2. The fraction of sp³-hybridized carbons (Fsp3) is 0.261. The zero-order valence-corrected chi connectivity index (χ0v) is 14.9. The number of hydrogen-bond donors (Lipinski definition) is 0. The van der Waals surface area contributed by atoms with Gasteiger partial charge in [-0.3, -0.25) is 4.57 Å². The quantitative estimate of drug-likeness (QED) is 0.548. The molecule has 1 aliphatic rings. The van der Waals surface area contributed by atoms with E-state index in [-0.39, 0.29) is 0 Å². The highest BCUT2D eigenvalue weighted by Gasteiger charge is 2.19. The van der Waals surface area contributed by atoms with E-state index in [0.717, 1.165) is 36.2 Å². The van der Waals surface area contributed by atoms with Gasteiger partial charge in [0, 0.05) is 11.3 Å². The molecular weight excluding hydrogens is 304 g/mol. The van der Waals surface area contributed by atoms with E-state index in [4.69, 9.17) is 4.98 Å². The first kappa shape index (κ1) is 15.9. The van der Waals surface area contributed by atoms with E-state index in [2.05, 4.69) is 85.2 Å². The molecule has 0 fully saturated rings. The average Bonchev–Trinajstić information content (AvgIpc) is 3.02. The van der Waals surface area contributed by atoms with Crippen LogP contribution in [0.3, 0.4) is 0 Å². The zero-order valence-electron chi connectivity index (χ0n) is 14.9. The molecular formula is C23H24N2. The third-order valence-corrected chi connectivity index (χ3v) is 4.74. The number of rotatable bonds is 4. The molecule has 0 spiro atoms. The lowest BCUT2D eigenvalue weighted by atomic mass is 9.93. The first-order valence-corrected chi connectivity index (χ1v) is 9.16. The number of allylic oxidation sites excluding steroid dienone is 4. The van der Waals surface area contributed by atoms with Crippen molar-refractivity contribution in [1.29, 1.82) is 0 Å². The molecule has 0 amide bonds. The Hall–Kier alpha value is -2.61. The van der Waals surface area contributed by atoms with Crippen LogP contribution in [0.25, 0.3) is 28.1 Å². The Bertz CT molecular complexity index is 943. The minimum Gasteiger partial charge on any atom is -0.292 e. The van der Waals surface area contributed by atoms with Crippen molar-refractivity contribution in [2.24, 2.45) is 5.92 Å². The molecule has 1 aliphatic carbocycles. The van der Waals surface area contributed by atoms with Gasteiger partial charge in [-0.2, -0.15) is 0 Å². The number of aromatic nitrogens is 2. The lowest BCUT2D eigenvalue weighted by Crippen LogP contribution is -2.06. The molecule has 0 atom stereocenters. The minimum atomic E-state index is 0.659. The van der Waals surface area contributed by atoms with Crippen LogP contribution in [-0.4, -0.2) is 9.55 Å². The topological polar surface area (TPSA) is 17.8 Å². The van der Waals surface area contributed by atoms with Crippen LogP contribution in [0.5, 0.6) is 0 Å². The summed E-state index contributed by atoms with van der Waals surface area (Å²) in [6.45, 7) is 4.60. The Morgan fingerprint density at radius 3 is 2.56 bits per heavy atom. The number of fused-ring (bicyclic) bond motifs is 1. The normalized spacial score (nSPS) is 14.7. The summed E-state index contributed by atoms with van der Waals surface area (Å²) in [6, 6.07) is 19.0. The smallest absolute Gasteiger partial charge is 0.145 e. The van der Waals surface area contributed by atoms with E-state index >= 15 is 0 Å². The van der Waals surface area contributed by atoms with Crippen LogP contribution in [0.15, 0.2) is 72.3 Å². The van der Waals surface area contributed by atoms with Gasteiger partial charge in [0.25, 0.3) is 0 Å². The van der Waals surface area contributed by atoms with E-state index in [1.165, 1.54) is 16.8 Å². The Kier molecular flexibility index (Phi) is 4.27. The predicted octanol–water partition coefficient (Wildman–Crippen LogP) is 6.31. The third-order valence-electron chi connectivity index (χ3n) is 4.74. The van der Waals surface area contributed by atoms with Crippen LogP contribution >= 0.6 is 0 Å². The van der Waals surface area contributed by atoms with Gasteiger partial charge in [-0.05, 0) is 49.0 Å². The van der Waals surface area contributed by atoms with Gasteiger partial charge >= 0.3 is 0 Å². The van der Waals surface area contributed by atoms with E-state index in [1.807, 2.05) is 0 Å². The Morgan fingerprint density at radius 1 is 1.00 bits per heavy atom. The number of para-hydroxylation sites is 2. The first-order valence-electron chi connectivity index (χ1n) is 9.16. The lowest BCUT2D eigenvalue weighted by Gasteiger charge is -2.21. The molecule has 126 valence electrons. The van der Waals surface area contributed by atoms with Gasteiger partial charge in [0.15, 0.2) is 0 Å². The second-order valence-corrected chi connectivity index (χ2v) is 7.15. The van der Waals surface area contributed by atoms with Crippen LogP contribution in [0.2, 0.25) is 0 Å². The Morgan fingerprint density at radius 2 is 1.76 bits per heavy atom. The molecule has 25 heavy (non-hydrogen) atoms. The van der Waals surface area contributed by atoms with Crippen molar-refractivity contribution >= 4 is 16.7 Å². The molecule has 0 N–H and O–H groups in total. The maximum absolute atomic E-state index is 4.97. The van der Waals surface area contributed by atoms with Crippen LogP contribution in [0, 0.1) is 5.92 Å². The summed E-state index contributed by atoms with van der Waals surface area (Å²) < 4.78 is 2.36. The zero-order chi connectivity index (χ0) is 17.2. The van der Waals surface area contributed by atoms with Crippen molar-refractivity contribution in [1.82, 2.24) is 9.55 Å². The molecule has 0 aliphatic heterocycles. The molecule has 4 rings (SSSR count). The van der Waals surface area contributed by atoms with Crippen LogP contribution < -0.4 is 0 Å². The second-order valence-electron chi connectivity index (χ2n) is 7.15. The minimum absolute atomic E-state index is 0.659. The van der Waals surface area contributed by atoms with Crippen molar-refractivity contribution in [2.45, 2.75) is 33.1 Å². The molecule has 0 unspecified atom stereocenters. The van der Waals surface area contributed by atoms with Crippen molar-refractivity contribution in [3.8, 4) is 11.4 Å². The summed E-state index contributed by atoms with van der Waals surface area (Å²) in [4.78, 5) is 4.97. The molecule has 3 aromatic rings. The average molecular weight is 328 g/mol. The van der Waals surface area contributed by atoms with Crippen molar-refractivity contribution in [3.05, 3.63) is 72.3 Å². The molecule has 0 bridgehead atoms. The van der Waals surface area contributed by atoms with Gasteiger partial charge in [-0.1, -0.05) is 62.4 Å². The molecule has 1 heterocycles. The predicted molar refractivity (Wildman–Crippen MR) is 106 cm³/mol. The monoisotopic (exact) mass is 328 g/mol. The van der Waals surface area contributed by atoms with E-state index in [0.29, 0.717) is 5.92 Å². The number of benzene rings is 2. The summed E-state index contributed by atoms with van der Waals surface area (Å²) in [5, 5.41) is 0. The lowest BCUT2D eigenvalue weighted by molar-refractivity contribution is 0.623. The van der Waals surface area contributed by atoms with Gasteiger partial charge in [0.1, 0.15) is 5.82 Å². The van der Waals surface area contributed by atoms with Gasteiger partial charge in [0.05, 0.1) is 11.0 Å². The summed E-state index contributed by atoms with van der Waals surface area (Å²) in [5.74, 6) is 1.69. The van der Waals surface area contributed by atoms with Crippen molar-refractivity contribution < 1.29 is 0 Å². The number of imidazole rings is 1. The fourth-order valence-electron chi connectivity index (χ4n) is 3.68. The summed E-state index contributed by atoms with van der Waals surface area (Å²) in [7, 11) is 0. The molecule has 0 radical (unpaired) electrons.